The number of piperidine rings is 1. The molecule has 2 aromatic rings. The summed E-state index contributed by atoms with van der Waals surface area (Å²) in [4.78, 5) is 12.8. The second kappa shape index (κ2) is 8.33. The van der Waals surface area contributed by atoms with Crippen molar-refractivity contribution >= 4 is 39.7 Å². The molecule has 27 heavy (non-hydrogen) atoms. The predicted octanol–water partition coefficient (Wildman–Crippen LogP) is 2.76. The highest BCUT2D eigenvalue weighted by molar-refractivity contribution is 7.89. The van der Waals surface area contributed by atoms with Crippen LogP contribution in [0.2, 0.25) is 0 Å². The lowest BCUT2D eigenvalue weighted by Gasteiger charge is -2.25. The van der Waals surface area contributed by atoms with Gasteiger partial charge >= 0.3 is 0 Å². The van der Waals surface area contributed by atoms with Crippen molar-refractivity contribution in [3.8, 4) is 0 Å². The van der Waals surface area contributed by atoms with E-state index in [1.54, 1.807) is 19.2 Å². The monoisotopic (exact) mass is 412 g/mol. The van der Waals surface area contributed by atoms with Gasteiger partial charge in [0.2, 0.25) is 10.0 Å². The molecule has 0 saturated carbocycles. The summed E-state index contributed by atoms with van der Waals surface area (Å²) in [5.41, 5.74) is 8.09. The number of aryl methyl sites for hydroxylation is 2. The van der Waals surface area contributed by atoms with Crippen LogP contribution in [0.15, 0.2) is 35.4 Å². The molecule has 0 spiro atoms. The predicted molar refractivity (Wildman–Crippen MR) is 109 cm³/mol. The Labute approximate surface area is 166 Å². The van der Waals surface area contributed by atoms with Crippen molar-refractivity contribution in [3.63, 3.8) is 0 Å². The van der Waals surface area contributed by atoms with Crippen LogP contribution < -0.4 is 11.1 Å². The maximum atomic E-state index is 12.8. The largest absolute Gasteiger partial charge is 0.399 e. The molecule has 0 radical (unpaired) electrons. The maximum Gasteiger partial charge on any atom is 0.272 e. The summed E-state index contributed by atoms with van der Waals surface area (Å²) in [5, 5.41) is 2.80. The number of amides is 1. The van der Waals surface area contributed by atoms with Gasteiger partial charge in [-0.05, 0) is 43.5 Å². The molecule has 1 fully saturated rings. The lowest BCUT2D eigenvalue weighted by Crippen LogP contribution is -2.35. The number of halogens is 1. The van der Waals surface area contributed by atoms with Gasteiger partial charge in [0.15, 0.2) is 0 Å². The van der Waals surface area contributed by atoms with Crippen molar-refractivity contribution in [3.05, 3.63) is 41.7 Å². The minimum Gasteiger partial charge on any atom is -0.399 e. The van der Waals surface area contributed by atoms with E-state index in [9.17, 15) is 13.2 Å². The molecule has 0 bridgehead atoms. The number of nitrogens with two attached hydrogens (primary N) is 1. The first-order chi connectivity index (χ1) is 12.3. The Bertz CT molecular complexity index is 934. The van der Waals surface area contributed by atoms with Gasteiger partial charge in [-0.3, -0.25) is 4.79 Å². The van der Waals surface area contributed by atoms with Gasteiger partial charge in [-0.2, -0.15) is 4.31 Å². The van der Waals surface area contributed by atoms with Gasteiger partial charge in [0.05, 0.1) is 0 Å². The highest BCUT2D eigenvalue weighted by Crippen LogP contribution is 2.24. The topological polar surface area (TPSA) is 97.4 Å². The minimum absolute atomic E-state index is 0. The Morgan fingerprint density at radius 3 is 2.48 bits per heavy atom. The van der Waals surface area contributed by atoms with Crippen LogP contribution in [0, 0.1) is 6.92 Å². The molecule has 148 valence electrons. The van der Waals surface area contributed by atoms with Crippen LogP contribution in [0.3, 0.4) is 0 Å². The number of sulfonamides is 1. The molecule has 1 aromatic carbocycles. The van der Waals surface area contributed by atoms with E-state index in [1.807, 2.05) is 13.0 Å². The fraction of sp³-hybridized carbons (Fsp3) is 0.389. The van der Waals surface area contributed by atoms with E-state index in [0.717, 1.165) is 24.8 Å². The number of rotatable bonds is 4. The van der Waals surface area contributed by atoms with E-state index < -0.39 is 10.0 Å². The Morgan fingerprint density at radius 2 is 1.81 bits per heavy atom. The smallest absolute Gasteiger partial charge is 0.272 e. The third kappa shape index (κ3) is 4.45. The number of nitrogens with one attached hydrogen (secondary N) is 1. The average Bonchev–Trinajstić information content (AvgIpc) is 3.01. The highest BCUT2D eigenvalue weighted by Gasteiger charge is 2.28. The summed E-state index contributed by atoms with van der Waals surface area (Å²) in [5.74, 6) is -0.374. The number of anilines is 2. The summed E-state index contributed by atoms with van der Waals surface area (Å²) < 4.78 is 28.6. The molecule has 0 aliphatic carbocycles. The Hall–Kier alpha value is -2.03. The van der Waals surface area contributed by atoms with Crippen LogP contribution in [-0.4, -0.2) is 36.3 Å². The molecule has 0 atom stereocenters. The molecule has 3 N–H and O–H groups in total. The van der Waals surface area contributed by atoms with Gasteiger partial charge in [-0.1, -0.05) is 12.5 Å². The van der Waals surface area contributed by atoms with Crippen molar-refractivity contribution in [1.29, 1.82) is 0 Å². The third-order valence-corrected chi connectivity index (χ3v) is 6.54. The Balaban J connectivity index is 0.00000261. The number of carbonyl (C=O) groups excluding carboxylic acids is 1. The van der Waals surface area contributed by atoms with E-state index in [0.29, 0.717) is 24.5 Å². The number of benzene rings is 1. The van der Waals surface area contributed by atoms with Crippen molar-refractivity contribution in [2.75, 3.05) is 24.1 Å². The van der Waals surface area contributed by atoms with Crippen molar-refractivity contribution in [2.24, 2.45) is 7.05 Å². The normalized spacial score (nSPS) is 15.2. The van der Waals surface area contributed by atoms with Crippen LogP contribution in [0.1, 0.15) is 35.3 Å². The number of nitrogen functional groups attached to an aromatic ring is 1. The van der Waals surface area contributed by atoms with E-state index in [1.165, 1.54) is 21.1 Å². The highest BCUT2D eigenvalue weighted by atomic mass is 35.5. The van der Waals surface area contributed by atoms with Crippen LogP contribution in [0.25, 0.3) is 0 Å². The number of aromatic nitrogens is 1. The molecule has 1 amide bonds. The number of carbonyl (C=O) groups is 1. The van der Waals surface area contributed by atoms with E-state index in [2.05, 4.69) is 5.32 Å². The van der Waals surface area contributed by atoms with Crippen molar-refractivity contribution < 1.29 is 13.2 Å². The first kappa shape index (κ1) is 21.3. The molecular formula is C18H25ClN4O3S. The zero-order valence-electron chi connectivity index (χ0n) is 15.4. The van der Waals surface area contributed by atoms with E-state index >= 15 is 0 Å². The van der Waals surface area contributed by atoms with E-state index in [-0.39, 0.29) is 28.9 Å². The van der Waals surface area contributed by atoms with Crippen LogP contribution in [0.4, 0.5) is 11.4 Å². The van der Waals surface area contributed by atoms with Gasteiger partial charge < -0.3 is 15.6 Å². The molecule has 3 rings (SSSR count). The number of hydrogen-bond acceptors (Lipinski definition) is 4. The Morgan fingerprint density at radius 1 is 1.15 bits per heavy atom. The molecule has 9 heteroatoms. The molecular weight excluding hydrogens is 388 g/mol. The lowest BCUT2D eigenvalue weighted by atomic mass is 10.2. The van der Waals surface area contributed by atoms with Crippen LogP contribution in [0.5, 0.6) is 0 Å². The summed E-state index contributed by atoms with van der Waals surface area (Å²) in [7, 11) is -1.91. The second-order valence-corrected chi connectivity index (χ2v) is 8.60. The lowest BCUT2D eigenvalue weighted by molar-refractivity contribution is 0.101. The Kier molecular flexibility index (Phi) is 6.56. The summed E-state index contributed by atoms with van der Waals surface area (Å²) in [6.45, 7) is 2.93. The fourth-order valence-corrected chi connectivity index (χ4v) is 4.70. The third-order valence-electron chi connectivity index (χ3n) is 4.68. The molecule has 1 aromatic heterocycles. The molecule has 1 aliphatic rings. The first-order valence-corrected chi connectivity index (χ1v) is 10.1. The van der Waals surface area contributed by atoms with Crippen molar-refractivity contribution in [2.45, 2.75) is 31.1 Å². The van der Waals surface area contributed by atoms with E-state index in [4.69, 9.17) is 5.73 Å². The standard InChI is InChI=1S/C18H24N4O3S.ClH/c1-13-6-7-14(19)10-16(13)20-18(23)17-11-15(12-21(17)2)26(24,25)22-8-4-3-5-9-22;/h6-7,10-12H,3-5,8-9,19H2,1-2H3,(H,20,23);1H. The summed E-state index contributed by atoms with van der Waals surface area (Å²) >= 11 is 0. The first-order valence-electron chi connectivity index (χ1n) is 8.63. The maximum absolute atomic E-state index is 12.8. The van der Waals surface area contributed by atoms with Crippen LogP contribution >= 0.6 is 12.4 Å². The van der Waals surface area contributed by atoms with Gasteiger partial charge in [0.1, 0.15) is 10.6 Å². The number of nitrogens with zero attached hydrogens (tertiary/aromatic N) is 2. The van der Waals surface area contributed by atoms with Gasteiger partial charge in [0, 0.05) is 37.7 Å². The summed E-state index contributed by atoms with van der Waals surface area (Å²) in [6.07, 6.45) is 4.28. The molecule has 7 nitrogen and oxygen atoms in total. The molecule has 2 heterocycles. The summed E-state index contributed by atoms with van der Waals surface area (Å²) in [6, 6.07) is 6.70. The zero-order chi connectivity index (χ0) is 18.9. The average molecular weight is 413 g/mol. The quantitative estimate of drug-likeness (QED) is 0.754. The zero-order valence-corrected chi connectivity index (χ0v) is 17.1. The fourth-order valence-electron chi connectivity index (χ4n) is 3.12. The van der Waals surface area contributed by atoms with Crippen molar-refractivity contribution in [1.82, 2.24) is 8.87 Å². The minimum atomic E-state index is -3.57. The van der Waals surface area contributed by atoms with Gasteiger partial charge in [0.25, 0.3) is 5.91 Å². The van der Waals surface area contributed by atoms with Gasteiger partial charge in [-0.15, -0.1) is 12.4 Å². The molecule has 1 aliphatic heterocycles. The molecule has 1 saturated heterocycles. The molecule has 0 unspecified atom stereocenters. The second-order valence-electron chi connectivity index (χ2n) is 6.67. The van der Waals surface area contributed by atoms with Gasteiger partial charge in [-0.25, -0.2) is 8.42 Å². The SMILES string of the molecule is Cc1ccc(N)cc1NC(=O)c1cc(S(=O)(=O)N2CCCCC2)cn1C.Cl. The van der Waals surface area contributed by atoms with Crippen LogP contribution in [-0.2, 0) is 17.1 Å². The number of hydrogen-bond donors (Lipinski definition) is 2.